The molecule has 5 heteroatoms. The molecule has 0 aliphatic carbocycles. The Kier molecular flexibility index (Phi) is 5.47. The average Bonchev–Trinajstić information content (AvgIpc) is 3.09. The minimum absolute atomic E-state index is 0.0108. The SMILES string of the molecule is COc1ccccc1CCNc1cncc(C(=O)N2c3ccccc3CC2C)c1. The zero-order chi connectivity index (χ0) is 20.2. The lowest BCUT2D eigenvalue weighted by Crippen LogP contribution is -2.35. The number of fused-ring (bicyclic) bond motifs is 1. The second-order valence-electron chi connectivity index (χ2n) is 7.31. The van der Waals surface area contributed by atoms with Crippen LogP contribution in [-0.4, -0.2) is 30.6 Å². The smallest absolute Gasteiger partial charge is 0.260 e. The predicted molar refractivity (Wildman–Crippen MR) is 116 cm³/mol. The number of nitrogens with zero attached hydrogens (tertiary/aromatic N) is 2. The van der Waals surface area contributed by atoms with Crippen molar-refractivity contribution in [1.29, 1.82) is 0 Å². The van der Waals surface area contributed by atoms with Gasteiger partial charge < -0.3 is 15.0 Å². The van der Waals surface area contributed by atoms with Crippen molar-refractivity contribution in [2.45, 2.75) is 25.8 Å². The molecule has 4 rings (SSSR count). The molecule has 0 radical (unpaired) electrons. The van der Waals surface area contributed by atoms with Crippen LogP contribution in [0.15, 0.2) is 67.0 Å². The molecule has 1 aliphatic rings. The Bertz CT molecular complexity index is 1020. The first-order chi connectivity index (χ1) is 14.2. The van der Waals surface area contributed by atoms with Gasteiger partial charge in [-0.15, -0.1) is 0 Å². The summed E-state index contributed by atoms with van der Waals surface area (Å²) in [6.45, 7) is 2.81. The number of aromatic nitrogens is 1. The van der Waals surface area contributed by atoms with Gasteiger partial charge >= 0.3 is 0 Å². The minimum atomic E-state index is -0.0108. The molecule has 0 saturated carbocycles. The number of pyridine rings is 1. The number of carbonyl (C=O) groups excluding carboxylic acids is 1. The number of hydrogen-bond acceptors (Lipinski definition) is 4. The van der Waals surface area contributed by atoms with E-state index in [0.29, 0.717) is 5.56 Å². The summed E-state index contributed by atoms with van der Waals surface area (Å²) < 4.78 is 5.40. The molecule has 1 atom stereocenters. The van der Waals surface area contributed by atoms with Gasteiger partial charge in [0.25, 0.3) is 5.91 Å². The third-order valence-electron chi connectivity index (χ3n) is 5.33. The van der Waals surface area contributed by atoms with Crippen LogP contribution < -0.4 is 15.0 Å². The van der Waals surface area contributed by atoms with Crippen molar-refractivity contribution in [3.8, 4) is 5.75 Å². The van der Waals surface area contributed by atoms with E-state index < -0.39 is 0 Å². The van der Waals surface area contributed by atoms with E-state index in [1.807, 2.05) is 47.4 Å². The number of amides is 1. The van der Waals surface area contributed by atoms with Crippen molar-refractivity contribution in [1.82, 2.24) is 4.98 Å². The Labute approximate surface area is 171 Å². The second kappa shape index (κ2) is 8.35. The van der Waals surface area contributed by atoms with Gasteiger partial charge in [0.2, 0.25) is 0 Å². The number of rotatable bonds is 6. The van der Waals surface area contributed by atoms with Crippen molar-refractivity contribution >= 4 is 17.3 Å². The first kappa shape index (κ1) is 19.0. The summed E-state index contributed by atoms with van der Waals surface area (Å²) in [5, 5.41) is 3.37. The summed E-state index contributed by atoms with van der Waals surface area (Å²) in [6, 6.07) is 18.1. The van der Waals surface area contributed by atoms with Gasteiger partial charge in [0, 0.05) is 30.7 Å². The molecule has 1 aliphatic heterocycles. The summed E-state index contributed by atoms with van der Waals surface area (Å²) in [5.41, 5.74) is 4.79. The van der Waals surface area contributed by atoms with Crippen LogP contribution in [0, 0.1) is 0 Å². The number of para-hydroxylation sites is 2. The van der Waals surface area contributed by atoms with Crippen LogP contribution in [-0.2, 0) is 12.8 Å². The third kappa shape index (κ3) is 3.94. The summed E-state index contributed by atoms with van der Waals surface area (Å²) in [7, 11) is 1.68. The third-order valence-corrected chi connectivity index (χ3v) is 5.33. The Hall–Kier alpha value is -3.34. The molecule has 1 aromatic heterocycles. The van der Waals surface area contributed by atoms with Crippen LogP contribution in [0.25, 0.3) is 0 Å². The Morgan fingerprint density at radius 1 is 1.17 bits per heavy atom. The maximum atomic E-state index is 13.2. The molecular weight excluding hydrogens is 362 g/mol. The molecular formula is C24H25N3O2. The highest BCUT2D eigenvalue weighted by Crippen LogP contribution is 2.33. The molecule has 148 valence electrons. The van der Waals surface area contributed by atoms with E-state index >= 15 is 0 Å². The van der Waals surface area contributed by atoms with E-state index in [-0.39, 0.29) is 11.9 Å². The van der Waals surface area contributed by atoms with Crippen LogP contribution in [0.5, 0.6) is 5.75 Å². The number of anilines is 2. The van der Waals surface area contributed by atoms with Gasteiger partial charge in [0.15, 0.2) is 0 Å². The first-order valence-electron chi connectivity index (χ1n) is 9.89. The maximum absolute atomic E-state index is 13.2. The van der Waals surface area contributed by atoms with E-state index in [0.717, 1.165) is 42.1 Å². The lowest BCUT2D eigenvalue weighted by atomic mass is 10.1. The molecule has 0 spiro atoms. The van der Waals surface area contributed by atoms with Gasteiger partial charge in [-0.05, 0) is 49.1 Å². The standard InChI is InChI=1S/C24H25N3O2/c1-17-13-19-8-3-5-9-22(19)27(17)24(28)20-14-21(16-25-15-20)26-12-11-18-7-4-6-10-23(18)29-2/h3-10,14-17,26H,11-13H2,1-2H3. The number of methoxy groups -OCH3 is 1. The summed E-state index contributed by atoms with van der Waals surface area (Å²) in [4.78, 5) is 19.4. The molecule has 1 unspecified atom stereocenters. The normalized spacial score (nSPS) is 15.1. The fourth-order valence-electron chi connectivity index (χ4n) is 3.92. The van der Waals surface area contributed by atoms with Crippen LogP contribution in [0.3, 0.4) is 0 Å². The molecule has 1 amide bonds. The molecule has 0 fully saturated rings. The molecule has 2 aromatic carbocycles. The summed E-state index contributed by atoms with van der Waals surface area (Å²) >= 11 is 0. The minimum Gasteiger partial charge on any atom is -0.496 e. The molecule has 3 aromatic rings. The fourth-order valence-corrected chi connectivity index (χ4v) is 3.92. The Morgan fingerprint density at radius 2 is 1.97 bits per heavy atom. The molecule has 0 bridgehead atoms. The summed E-state index contributed by atoms with van der Waals surface area (Å²) in [6.07, 6.45) is 5.09. The van der Waals surface area contributed by atoms with Gasteiger partial charge in [-0.25, -0.2) is 0 Å². The monoisotopic (exact) mass is 387 g/mol. The van der Waals surface area contributed by atoms with Gasteiger partial charge in [-0.3, -0.25) is 9.78 Å². The van der Waals surface area contributed by atoms with Crippen LogP contribution in [0.1, 0.15) is 28.4 Å². The zero-order valence-electron chi connectivity index (χ0n) is 16.8. The van der Waals surface area contributed by atoms with Crippen molar-refractivity contribution in [3.63, 3.8) is 0 Å². The van der Waals surface area contributed by atoms with Gasteiger partial charge in [0.05, 0.1) is 18.4 Å². The predicted octanol–water partition coefficient (Wildman–Crippen LogP) is 4.34. The number of benzene rings is 2. The lowest BCUT2D eigenvalue weighted by molar-refractivity contribution is 0.0981. The fraction of sp³-hybridized carbons (Fsp3) is 0.250. The molecule has 0 saturated heterocycles. The van der Waals surface area contributed by atoms with Gasteiger partial charge in [0.1, 0.15) is 5.75 Å². The van der Waals surface area contributed by atoms with E-state index in [1.165, 1.54) is 5.56 Å². The van der Waals surface area contributed by atoms with E-state index in [1.54, 1.807) is 19.5 Å². The number of carbonyl (C=O) groups is 1. The highest BCUT2D eigenvalue weighted by Gasteiger charge is 2.31. The zero-order valence-corrected chi connectivity index (χ0v) is 16.8. The molecule has 5 nitrogen and oxygen atoms in total. The van der Waals surface area contributed by atoms with E-state index in [9.17, 15) is 4.79 Å². The maximum Gasteiger partial charge on any atom is 0.260 e. The van der Waals surface area contributed by atoms with Crippen molar-refractivity contribution in [3.05, 3.63) is 83.7 Å². The average molecular weight is 387 g/mol. The number of nitrogens with one attached hydrogen (secondary N) is 1. The Morgan fingerprint density at radius 3 is 2.83 bits per heavy atom. The molecule has 29 heavy (non-hydrogen) atoms. The Balaban J connectivity index is 1.46. The van der Waals surface area contributed by atoms with Crippen molar-refractivity contribution in [2.24, 2.45) is 0 Å². The summed E-state index contributed by atoms with van der Waals surface area (Å²) in [5.74, 6) is 0.876. The van der Waals surface area contributed by atoms with E-state index in [4.69, 9.17) is 4.74 Å². The van der Waals surface area contributed by atoms with E-state index in [2.05, 4.69) is 29.4 Å². The largest absolute Gasteiger partial charge is 0.496 e. The van der Waals surface area contributed by atoms with Gasteiger partial charge in [-0.2, -0.15) is 0 Å². The topological polar surface area (TPSA) is 54.5 Å². The van der Waals surface area contributed by atoms with Crippen molar-refractivity contribution < 1.29 is 9.53 Å². The first-order valence-corrected chi connectivity index (χ1v) is 9.89. The lowest BCUT2D eigenvalue weighted by Gasteiger charge is -2.23. The molecule has 2 heterocycles. The van der Waals surface area contributed by atoms with Crippen LogP contribution in [0.2, 0.25) is 0 Å². The quantitative estimate of drug-likeness (QED) is 0.684. The van der Waals surface area contributed by atoms with Crippen LogP contribution >= 0.6 is 0 Å². The second-order valence-corrected chi connectivity index (χ2v) is 7.31. The number of ether oxygens (including phenoxy) is 1. The highest BCUT2D eigenvalue weighted by atomic mass is 16.5. The van der Waals surface area contributed by atoms with Crippen LogP contribution in [0.4, 0.5) is 11.4 Å². The molecule has 1 N–H and O–H groups in total. The highest BCUT2D eigenvalue weighted by molar-refractivity contribution is 6.08. The van der Waals surface area contributed by atoms with Crippen molar-refractivity contribution in [2.75, 3.05) is 23.9 Å². The number of hydrogen-bond donors (Lipinski definition) is 1. The van der Waals surface area contributed by atoms with Gasteiger partial charge in [-0.1, -0.05) is 36.4 Å².